The van der Waals surface area contributed by atoms with Crippen molar-refractivity contribution in [3.05, 3.63) is 11.6 Å². The smallest absolute Gasteiger partial charge is 0.330 e. The van der Waals surface area contributed by atoms with Gasteiger partial charge in [0.2, 0.25) is 0 Å². The fourth-order valence-electron chi connectivity index (χ4n) is 0.358. The predicted octanol–water partition coefficient (Wildman–Crippen LogP) is 1.65. The average molecular weight is 149 g/mol. The molecule has 2 nitrogen and oxygen atoms in total. The molecule has 0 radical (unpaired) electrons. The molecule has 0 aromatic rings. The summed E-state index contributed by atoms with van der Waals surface area (Å²) in [4.78, 5) is 10.1. The van der Waals surface area contributed by atoms with E-state index < -0.39 is 5.97 Å². The molecule has 0 amide bonds. The number of carboxylic acids is 1. The second-order valence-corrected chi connectivity index (χ2v) is 2.05. The Morgan fingerprint density at radius 2 is 2.33 bits per heavy atom. The van der Waals surface area contributed by atoms with Gasteiger partial charge in [0.05, 0.1) is 0 Å². The Morgan fingerprint density at radius 1 is 1.78 bits per heavy atom. The van der Waals surface area contributed by atoms with E-state index in [1.807, 2.05) is 0 Å². The molecule has 9 heavy (non-hydrogen) atoms. The quantitative estimate of drug-likeness (QED) is 0.488. The van der Waals surface area contributed by atoms with Crippen LogP contribution in [-0.4, -0.2) is 17.0 Å². The molecule has 0 aliphatic heterocycles. The zero-order valence-electron chi connectivity index (χ0n) is 5.22. The first-order valence-corrected chi connectivity index (χ1v) is 3.18. The summed E-state index contributed by atoms with van der Waals surface area (Å²) in [5.74, 6) is -0.398. The van der Waals surface area contributed by atoms with Crippen LogP contribution in [0.15, 0.2) is 11.6 Å². The first kappa shape index (κ1) is 8.50. The standard InChI is InChI=1S/C6H9ClO2/c1-5(6(8)9)3-2-4-7/h3H,2,4H2,1H3,(H,8,9). The van der Waals surface area contributed by atoms with Gasteiger partial charge in [-0.25, -0.2) is 4.79 Å². The molecule has 0 aliphatic rings. The van der Waals surface area contributed by atoms with E-state index in [9.17, 15) is 4.79 Å². The monoisotopic (exact) mass is 148 g/mol. The Labute approximate surface area is 59.1 Å². The molecule has 0 unspecified atom stereocenters. The molecular formula is C6H9ClO2. The molecule has 0 saturated carbocycles. The Balaban J connectivity index is 3.69. The first-order valence-electron chi connectivity index (χ1n) is 2.64. The third-order valence-corrected chi connectivity index (χ3v) is 1.12. The lowest BCUT2D eigenvalue weighted by molar-refractivity contribution is -0.132. The van der Waals surface area contributed by atoms with Crippen molar-refractivity contribution in [2.45, 2.75) is 13.3 Å². The average Bonchev–Trinajstić information content (AvgIpc) is 1.82. The van der Waals surface area contributed by atoms with Crippen molar-refractivity contribution >= 4 is 17.6 Å². The molecular weight excluding hydrogens is 140 g/mol. The number of carboxylic acid groups (broad SMARTS) is 1. The van der Waals surface area contributed by atoms with Gasteiger partial charge in [-0.15, -0.1) is 11.6 Å². The highest BCUT2D eigenvalue weighted by atomic mass is 35.5. The van der Waals surface area contributed by atoms with Crippen molar-refractivity contribution in [3.8, 4) is 0 Å². The van der Waals surface area contributed by atoms with Crippen LogP contribution in [0.2, 0.25) is 0 Å². The SMILES string of the molecule is CC(=CCCCl)C(=O)O. The van der Waals surface area contributed by atoms with Crippen LogP contribution in [0, 0.1) is 0 Å². The minimum absolute atomic E-state index is 0.357. The lowest BCUT2D eigenvalue weighted by Crippen LogP contribution is -1.95. The molecule has 0 atom stereocenters. The van der Waals surface area contributed by atoms with Gasteiger partial charge in [-0.3, -0.25) is 0 Å². The van der Waals surface area contributed by atoms with Crippen LogP contribution < -0.4 is 0 Å². The van der Waals surface area contributed by atoms with Gasteiger partial charge in [0.25, 0.3) is 0 Å². The molecule has 0 bridgehead atoms. The molecule has 0 fully saturated rings. The van der Waals surface area contributed by atoms with E-state index in [2.05, 4.69) is 0 Å². The summed E-state index contributed by atoms with van der Waals surface area (Å²) in [6.07, 6.45) is 2.23. The minimum atomic E-state index is -0.875. The minimum Gasteiger partial charge on any atom is -0.478 e. The number of alkyl halides is 1. The van der Waals surface area contributed by atoms with Gasteiger partial charge in [0.1, 0.15) is 0 Å². The Hall–Kier alpha value is -0.500. The molecule has 0 spiro atoms. The van der Waals surface area contributed by atoms with Crippen molar-refractivity contribution in [2.75, 3.05) is 5.88 Å². The van der Waals surface area contributed by atoms with Crippen LogP contribution in [-0.2, 0) is 4.79 Å². The van der Waals surface area contributed by atoms with Crippen LogP contribution in [0.1, 0.15) is 13.3 Å². The molecule has 0 aliphatic carbocycles. The Kier molecular flexibility index (Phi) is 4.14. The van der Waals surface area contributed by atoms with Gasteiger partial charge in [-0.2, -0.15) is 0 Å². The van der Waals surface area contributed by atoms with E-state index in [0.717, 1.165) is 0 Å². The van der Waals surface area contributed by atoms with Crippen LogP contribution in [0.3, 0.4) is 0 Å². The van der Waals surface area contributed by atoms with Crippen LogP contribution in [0.5, 0.6) is 0 Å². The normalized spacial score (nSPS) is 11.6. The van der Waals surface area contributed by atoms with E-state index in [0.29, 0.717) is 17.9 Å². The summed E-state index contributed by atoms with van der Waals surface area (Å²) in [6, 6.07) is 0. The number of carbonyl (C=O) groups is 1. The number of aliphatic carboxylic acids is 1. The van der Waals surface area contributed by atoms with E-state index >= 15 is 0 Å². The largest absolute Gasteiger partial charge is 0.478 e. The number of hydrogen-bond acceptors (Lipinski definition) is 1. The lowest BCUT2D eigenvalue weighted by Gasteiger charge is -1.88. The van der Waals surface area contributed by atoms with Crippen molar-refractivity contribution in [3.63, 3.8) is 0 Å². The highest BCUT2D eigenvalue weighted by Crippen LogP contribution is 1.95. The van der Waals surface area contributed by atoms with Crippen LogP contribution in [0.4, 0.5) is 0 Å². The van der Waals surface area contributed by atoms with Gasteiger partial charge >= 0.3 is 5.97 Å². The summed E-state index contributed by atoms with van der Waals surface area (Å²) >= 11 is 5.31. The third kappa shape index (κ3) is 4.03. The second-order valence-electron chi connectivity index (χ2n) is 1.67. The molecule has 1 N–H and O–H groups in total. The Bertz CT molecular complexity index is 129. The van der Waals surface area contributed by atoms with E-state index in [1.54, 1.807) is 13.0 Å². The zero-order valence-corrected chi connectivity index (χ0v) is 5.98. The van der Waals surface area contributed by atoms with Gasteiger partial charge in [-0.1, -0.05) is 6.08 Å². The highest BCUT2D eigenvalue weighted by molar-refractivity contribution is 6.17. The van der Waals surface area contributed by atoms with Crippen molar-refractivity contribution in [2.24, 2.45) is 0 Å². The summed E-state index contributed by atoms with van der Waals surface area (Å²) in [5, 5.41) is 8.30. The predicted molar refractivity (Wildman–Crippen MR) is 36.7 cm³/mol. The number of halogens is 1. The fraction of sp³-hybridized carbons (Fsp3) is 0.500. The number of allylic oxidation sites excluding steroid dienone is 1. The van der Waals surface area contributed by atoms with Crippen LogP contribution in [0.25, 0.3) is 0 Å². The maximum Gasteiger partial charge on any atom is 0.330 e. The van der Waals surface area contributed by atoms with Gasteiger partial charge in [0.15, 0.2) is 0 Å². The van der Waals surface area contributed by atoms with E-state index in [-0.39, 0.29) is 0 Å². The molecule has 0 heterocycles. The zero-order chi connectivity index (χ0) is 7.28. The second kappa shape index (κ2) is 4.39. The van der Waals surface area contributed by atoms with Crippen molar-refractivity contribution in [1.82, 2.24) is 0 Å². The lowest BCUT2D eigenvalue weighted by atomic mass is 10.2. The maximum absolute atomic E-state index is 10.1. The summed E-state index contributed by atoms with van der Waals surface area (Å²) in [6.45, 7) is 1.55. The summed E-state index contributed by atoms with van der Waals surface area (Å²) < 4.78 is 0. The van der Waals surface area contributed by atoms with Crippen molar-refractivity contribution in [1.29, 1.82) is 0 Å². The summed E-state index contributed by atoms with van der Waals surface area (Å²) in [5.41, 5.74) is 0.357. The molecule has 0 rings (SSSR count). The first-order chi connectivity index (χ1) is 4.18. The molecule has 0 aromatic heterocycles. The van der Waals surface area contributed by atoms with Gasteiger partial charge in [-0.05, 0) is 13.3 Å². The highest BCUT2D eigenvalue weighted by Gasteiger charge is 1.96. The molecule has 52 valence electrons. The molecule has 0 saturated heterocycles. The number of hydrogen-bond donors (Lipinski definition) is 1. The van der Waals surface area contributed by atoms with Crippen LogP contribution >= 0.6 is 11.6 Å². The van der Waals surface area contributed by atoms with Crippen molar-refractivity contribution < 1.29 is 9.90 Å². The molecule has 0 aromatic carbocycles. The van der Waals surface area contributed by atoms with Gasteiger partial charge in [0, 0.05) is 11.5 Å². The van der Waals surface area contributed by atoms with Gasteiger partial charge < -0.3 is 5.11 Å². The maximum atomic E-state index is 10.1. The fourth-order valence-corrected chi connectivity index (χ4v) is 0.467. The Morgan fingerprint density at radius 3 is 2.67 bits per heavy atom. The number of rotatable bonds is 3. The van der Waals surface area contributed by atoms with E-state index in [4.69, 9.17) is 16.7 Å². The molecule has 3 heteroatoms. The van der Waals surface area contributed by atoms with E-state index in [1.165, 1.54) is 0 Å². The third-order valence-electron chi connectivity index (χ3n) is 0.897. The topological polar surface area (TPSA) is 37.3 Å². The summed E-state index contributed by atoms with van der Waals surface area (Å²) in [7, 11) is 0.